The highest BCUT2D eigenvalue weighted by Gasteiger charge is 2.12. The van der Waals surface area contributed by atoms with Gasteiger partial charge >= 0.3 is 0 Å². The summed E-state index contributed by atoms with van der Waals surface area (Å²) in [5.41, 5.74) is 1.04. The van der Waals surface area contributed by atoms with E-state index in [2.05, 4.69) is 39.7 Å². The van der Waals surface area contributed by atoms with Crippen LogP contribution < -0.4 is 5.32 Å². The molecule has 1 aromatic carbocycles. The lowest BCUT2D eigenvalue weighted by Gasteiger charge is -2.07. The third-order valence-corrected chi connectivity index (χ3v) is 4.25. The van der Waals surface area contributed by atoms with Crippen LogP contribution in [0.2, 0.25) is 0 Å². The first-order chi connectivity index (χ1) is 10.1. The average Bonchev–Trinajstić information content (AvgIpc) is 2.92. The van der Waals surface area contributed by atoms with Gasteiger partial charge in [0.05, 0.1) is 12.1 Å². The zero-order valence-corrected chi connectivity index (χ0v) is 13.9. The van der Waals surface area contributed by atoms with Crippen molar-refractivity contribution in [3.8, 4) is 17.6 Å². The molecule has 0 aliphatic carbocycles. The van der Waals surface area contributed by atoms with Crippen molar-refractivity contribution in [2.24, 2.45) is 0 Å². The highest BCUT2D eigenvalue weighted by Crippen LogP contribution is 2.20. The molecule has 0 unspecified atom stereocenters. The van der Waals surface area contributed by atoms with Crippen molar-refractivity contribution in [2.45, 2.75) is 6.54 Å². The Bertz CT molecular complexity index is 715. The minimum atomic E-state index is -0.333. The minimum Gasteiger partial charge on any atom is -0.507 e. The van der Waals surface area contributed by atoms with Crippen molar-refractivity contribution in [1.29, 1.82) is 0 Å². The second-order valence-corrected chi connectivity index (χ2v) is 6.31. The molecule has 3 N–H and O–H groups in total. The van der Waals surface area contributed by atoms with E-state index in [1.807, 2.05) is 11.4 Å². The van der Waals surface area contributed by atoms with E-state index >= 15 is 0 Å². The maximum atomic E-state index is 12.1. The number of rotatable bonds is 3. The van der Waals surface area contributed by atoms with Crippen LogP contribution in [-0.2, 0) is 6.54 Å². The van der Waals surface area contributed by atoms with E-state index in [9.17, 15) is 9.90 Å². The first kappa shape index (κ1) is 15.8. The molecule has 0 saturated carbocycles. The molecule has 0 saturated heterocycles. The molecule has 6 heteroatoms. The second-order valence-electron chi connectivity index (χ2n) is 4.06. The summed E-state index contributed by atoms with van der Waals surface area (Å²) >= 11 is 3.57. The minimum absolute atomic E-state index is 0.0422. The number of phenolic OH excluding ortho intramolecular Hbond substituents is 1. The molecule has 0 atom stereocenters. The summed E-state index contributed by atoms with van der Waals surface area (Å²) in [4.78, 5) is 13.0. The van der Waals surface area contributed by atoms with Crippen molar-refractivity contribution < 1.29 is 15.0 Å². The van der Waals surface area contributed by atoms with Gasteiger partial charge in [-0.05, 0) is 52.2 Å². The predicted molar refractivity (Wildman–Crippen MR) is 90.3 cm³/mol. The van der Waals surface area contributed by atoms with Crippen molar-refractivity contribution in [1.82, 2.24) is 5.32 Å². The molecule has 4 nitrogen and oxygen atoms in total. The number of halogens is 1. The van der Waals surface area contributed by atoms with E-state index in [1.165, 1.54) is 17.4 Å². The van der Waals surface area contributed by atoms with Crippen LogP contribution in [0.3, 0.4) is 0 Å². The van der Waals surface area contributed by atoms with Gasteiger partial charge in [0, 0.05) is 14.0 Å². The standard InChI is InChI=1S/C15H12INO3S/c16-11-3-4-13(19)12(8-11)15(20)17-9-14-10(2-1-6-18)5-7-21-14/h3-5,7-8,18-19H,6,9H2,(H,17,20). The van der Waals surface area contributed by atoms with Gasteiger partial charge in [-0.3, -0.25) is 4.79 Å². The number of aliphatic hydroxyl groups excluding tert-OH is 1. The van der Waals surface area contributed by atoms with E-state index < -0.39 is 0 Å². The smallest absolute Gasteiger partial charge is 0.255 e. The fraction of sp³-hybridized carbons (Fsp3) is 0.133. The lowest BCUT2D eigenvalue weighted by Crippen LogP contribution is -2.22. The number of hydrogen-bond acceptors (Lipinski definition) is 4. The number of amides is 1. The van der Waals surface area contributed by atoms with Crippen LogP contribution in [0.4, 0.5) is 0 Å². The molecular weight excluding hydrogens is 401 g/mol. The zero-order valence-electron chi connectivity index (χ0n) is 10.9. The van der Waals surface area contributed by atoms with Crippen LogP contribution in [0, 0.1) is 15.4 Å². The quantitative estimate of drug-likeness (QED) is 0.535. The van der Waals surface area contributed by atoms with E-state index in [1.54, 1.807) is 12.1 Å². The predicted octanol–water partition coefficient (Wildman–Crippen LogP) is 2.33. The summed E-state index contributed by atoms with van der Waals surface area (Å²) < 4.78 is 0.876. The molecule has 0 radical (unpaired) electrons. The molecule has 0 aliphatic rings. The van der Waals surface area contributed by atoms with Gasteiger partial charge in [0.15, 0.2) is 0 Å². The SMILES string of the molecule is O=C(NCc1sccc1C#CCO)c1cc(I)ccc1O. The van der Waals surface area contributed by atoms with E-state index in [0.717, 1.165) is 14.0 Å². The molecule has 0 spiro atoms. The fourth-order valence-electron chi connectivity index (χ4n) is 1.67. The van der Waals surface area contributed by atoms with Crippen LogP contribution in [-0.4, -0.2) is 22.7 Å². The molecule has 1 amide bonds. The molecule has 1 heterocycles. The number of phenols is 1. The maximum absolute atomic E-state index is 12.1. The first-order valence-corrected chi connectivity index (χ1v) is 8.00. The maximum Gasteiger partial charge on any atom is 0.255 e. The molecule has 2 aromatic rings. The van der Waals surface area contributed by atoms with Crippen molar-refractivity contribution >= 4 is 39.8 Å². The molecule has 2 rings (SSSR count). The first-order valence-electron chi connectivity index (χ1n) is 6.04. The molecule has 21 heavy (non-hydrogen) atoms. The Morgan fingerprint density at radius 2 is 2.19 bits per heavy atom. The highest BCUT2D eigenvalue weighted by molar-refractivity contribution is 14.1. The monoisotopic (exact) mass is 413 g/mol. The second kappa shape index (κ2) is 7.45. The molecule has 0 aliphatic heterocycles. The summed E-state index contributed by atoms with van der Waals surface area (Å²) in [5.74, 6) is 5.05. The van der Waals surface area contributed by atoms with Crippen LogP contribution >= 0.6 is 33.9 Å². The van der Waals surface area contributed by atoms with Gasteiger partial charge in [0.1, 0.15) is 12.4 Å². The number of hydrogen-bond donors (Lipinski definition) is 3. The summed E-state index contributed by atoms with van der Waals surface area (Å²) in [6.07, 6.45) is 0. The Kier molecular flexibility index (Phi) is 5.61. The van der Waals surface area contributed by atoms with Gasteiger partial charge in [0.25, 0.3) is 5.91 Å². The Hall–Kier alpha value is -1.56. The van der Waals surface area contributed by atoms with Crippen molar-refractivity contribution in [2.75, 3.05) is 6.61 Å². The van der Waals surface area contributed by atoms with Gasteiger partial charge in [-0.2, -0.15) is 0 Å². The highest BCUT2D eigenvalue weighted by atomic mass is 127. The molecule has 108 valence electrons. The normalized spacial score (nSPS) is 9.81. The van der Waals surface area contributed by atoms with Crippen LogP contribution in [0.15, 0.2) is 29.6 Å². The van der Waals surface area contributed by atoms with E-state index in [-0.39, 0.29) is 23.8 Å². The van der Waals surface area contributed by atoms with Crippen molar-refractivity contribution in [3.05, 3.63) is 49.2 Å². The molecule has 0 bridgehead atoms. The summed E-state index contributed by atoms with van der Waals surface area (Å²) in [7, 11) is 0. The van der Waals surface area contributed by atoms with Gasteiger partial charge in [-0.15, -0.1) is 11.3 Å². The molecule has 1 aromatic heterocycles. The number of carbonyl (C=O) groups excluding carboxylic acids is 1. The topological polar surface area (TPSA) is 69.6 Å². The average molecular weight is 413 g/mol. The van der Waals surface area contributed by atoms with Crippen LogP contribution in [0.25, 0.3) is 0 Å². The fourth-order valence-corrected chi connectivity index (χ4v) is 2.93. The number of aliphatic hydroxyl groups is 1. The van der Waals surface area contributed by atoms with E-state index in [0.29, 0.717) is 6.54 Å². The van der Waals surface area contributed by atoms with Gasteiger partial charge in [0.2, 0.25) is 0 Å². The Morgan fingerprint density at radius 3 is 2.95 bits per heavy atom. The molecule has 0 fully saturated rings. The van der Waals surface area contributed by atoms with Crippen molar-refractivity contribution in [3.63, 3.8) is 0 Å². The number of nitrogens with one attached hydrogen (secondary N) is 1. The lowest BCUT2D eigenvalue weighted by molar-refractivity contribution is 0.0948. The number of aromatic hydroxyl groups is 1. The number of thiophene rings is 1. The third-order valence-electron chi connectivity index (χ3n) is 2.66. The number of benzene rings is 1. The van der Waals surface area contributed by atoms with Crippen LogP contribution in [0.1, 0.15) is 20.8 Å². The van der Waals surface area contributed by atoms with Crippen LogP contribution in [0.5, 0.6) is 5.75 Å². The Balaban J connectivity index is 2.08. The third kappa shape index (κ3) is 4.20. The van der Waals surface area contributed by atoms with E-state index in [4.69, 9.17) is 5.11 Å². The van der Waals surface area contributed by atoms with Gasteiger partial charge in [-0.1, -0.05) is 11.8 Å². The Morgan fingerprint density at radius 1 is 1.38 bits per heavy atom. The van der Waals surface area contributed by atoms with Gasteiger partial charge < -0.3 is 15.5 Å². The summed E-state index contributed by atoms with van der Waals surface area (Å²) in [6.45, 7) is 0.134. The lowest BCUT2D eigenvalue weighted by atomic mass is 10.2. The summed E-state index contributed by atoms with van der Waals surface area (Å²) in [5, 5.41) is 23.1. The molecular formula is C15H12INO3S. The Labute approximate surface area is 140 Å². The van der Waals surface area contributed by atoms with Gasteiger partial charge in [-0.25, -0.2) is 0 Å². The summed E-state index contributed by atoms with van der Waals surface area (Å²) in [6, 6.07) is 6.71. The largest absolute Gasteiger partial charge is 0.507 e. The zero-order chi connectivity index (χ0) is 15.2. The number of carbonyl (C=O) groups is 1.